The highest BCUT2D eigenvalue weighted by Crippen LogP contribution is 2.21. The number of likely N-dealkylation sites (tertiary alicyclic amines) is 1. The lowest BCUT2D eigenvalue weighted by atomic mass is 10.1. The maximum atomic E-state index is 12.7. The van der Waals surface area contributed by atoms with Gasteiger partial charge in [-0.05, 0) is 37.2 Å². The van der Waals surface area contributed by atoms with E-state index in [0.717, 1.165) is 36.7 Å². The van der Waals surface area contributed by atoms with Crippen molar-refractivity contribution in [3.63, 3.8) is 0 Å². The Morgan fingerprint density at radius 3 is 2.89 bits per heavy atom. The Kier molecular flexibility index (Phi) is 5.22. The number of hydrogen-bond acceptors (Lipinski definition) is 4. The first-order chi connectivity index (χ1) is 9.19. The van der Waals surface area contributed by atoms with Gasteiger partial charge in [-0.25, -0.2) is 4.39 Å². The number of carbonyl (C=O) groups is 1. The zero-order valence-electron chi connectivity index (χ0n) is 11.0. The minimum absolute atomic E-state index is 0.0285. The first-order valence-electron chi connectivity index (χ1n) is 6.37. The Labute approximate surface area is 117 Å². The van der Waals surface area contributed by atoms with E-state index in [9.17, 15) is 9.18 Å². The lowest BCUT2D eigenvalue weighted by Gasteiger charge is -2.14. The first-order valence-corrected chi connectivity index (χ1v) is 7.36. The fraction of sp³-hybridized carbons (Fsp3) is 0.500. The van der Waals surface area contributed by atoms with E-state index in [2.05, 4.69) is 4.90 Å². The van der Waals surface area contributed by atoms with Gasteiger partial charge in [0.05, 0.1) is 13.0 Å². The highest BCUT2D eigenvalue weighted by molar-refractivity contribution is 7.99. The molecule has 0 N–H and O–H groups in total. The van der Waals surface area contributed by atoms with Gasteiger partial charge in [0.15, 0.2) is 0 Å². The summed E-state index contributed by atoms with van der Waals surface area (Å²) in [6, 6.07) is 6.54. The molecule has 1 aliphatic rings. The van der Waals surface area contributed by atoms with E-state index in [0.29, 0.717) is 0 Å². The molecule has 0 spiro atoms. The summed E-state index contributed by atoms with van der Waals surface area (Å²) in [6.07, 6.45) is 0.883. The molecule has 1 heterocycles. The summed E-state index contributed by atoms with van der Waals surface area (Å²) in [7, 11) is 1.44. The van der Waals surface area contributed by atoms with Crippen LogP contribution in [-0.2, 0) is 9.53 Å². The van der Waals surface area contributed by atoms with Crippen LogP contribution in [0.5, 0.6) is 0 Å². The molecule has 0 radical (unpaired) electrons. The van der Waals surface area contributed by atoms with Gasteiger partial charge in [-0.2, -0.15) is 0 Å². The van der Waals surface area contributed by atoms with Crippen LogP contribution in [0.3, 0.4) is 0 Å². The molecule has 19 heavy (non-hydrogen) atoms. The molecule has 1 saturated heterocycles. The largest absolute Gasteiger partial charge is 0.469 e. The molecule has 0 saturated carbocycles. The molecular weight excluding hydrogens is 265 g/mol. The number of esters is 1. The van der Waals surface area contributed by atoms with Crippen molar-refractivity contribution in [2.75, 3.05) is 32.5 Å². The van der Waals surface area contributed by atoms with Crippen LogP contribution in [0.1, 0.15) is 6.42 Å². The number of nitrogens with zero attached hydrogens (tertiary/aromatic N) is 1. The molecule has 0 bridgehead atoms. The number of carbonyl (C=O) groups excluding carboxylic acids is 1. The molecule has 0 aromatic heterocycles. The second-order valence-corrected chi connectivity index (χ2v) is 5.78. The molecule has 0 amide bonds. The second kappa shape index (κ2) is 6.91. The maximum Gasteiger partial charge on any atom is 0.310 e. The van der Waals surface area contributed by atoms with Gasteiger partial charge in [-0.15, -0.1) is 11.8 Å². The monoisotopic (exact) mass is 283 g/mol. The van der Waals surface area contributed by atoms with E-state index < -0.39 is 0 Å². The summed E-state index contributed by atoms with van der Waals surface area (Å²) in [5, 5.41) is 0. The van der Waals surface area contributed by atoms with Crippen molar-refractivity contribution in [2.45, 2.75) is 11.3 Å². The predicted octanol–water partition coefficient (Wildman–Crippen LogP) is 2.41. The van der Waals surface area contributed by atoms with Gasteiger partial charge in [0.1, 0.15) is 5.82 Å². The van der Waals surface area contributed by atoms with Crippen molar-refractivity contribution in [3.05, 3.63) is 30.1 Å². The summed E-state index contributed by atoms with van der Waals surface area (Å²) < 4.78 is 17.5. The Morgan fingerprint density at radius 1 is 1.47 bits per heavy atom. The lowest BCUT2D eigenvalue weighted by molar-refractivity contribution is -0.144. The van der Waals surface area contributed by atoms with E-state index in [1.54, 1.807) is 23.9 Å². The molecule has 2 rings (SSSR count). The summed E-state index contributed by atoms with van der Waals surface area (Å²) in [4.78, 5) is 14.7. The van der Waals surface area contributed by atoms with Crippen LogP contribution in [0, 0.1) is 11.7 Å². The third kappa shape index (κ3) is 4.21. The lowest BCUT2D eigenvalue weighted by Crippen LogP contribution is -2.25. The van der Waals surface area contributed by atoms with E-state index in [4.69, 9.17) is 4.74 Å². The van der Waals surface area contributed by atoms with Gasteiger partial charge >= 0.3 is 5.97 Å². The molecule has 104 valence electrons. The number of halogens is 1. The molecule has 1 atom stereocenters. The number of hydrogen-bond donors (Lipinski definition) is 0. The van der Waals surface area contributed by atoms with Crippen molar-refractivity contribution in [2.24, 2.45) is 5.92 Å². The average molecular weight is 283 g/mol. The molecule has 0 aliphatic carbocycles. The molecule has 1 aliphatic heterocycles. The fourth-order valence-corrected chi connectivity index (χ4v) is 3.13. The van der Waals surface area contributed by atoms with Gasteiger partial charge in [-0.1, -0.05) is 0 Å². The standard InChI is InChI=1S/C14H18FNO2S/c1-18-14(17)11-6-7-16(10-11)8-9-19-13-4-2-12(15)3-5-13/h2-5,11H,6-10H2,1H3. The predicted molar refractivity (Wildman–Crippen MR) is 73.7 cm³/mol. The first kappa shape index (κ1) is 14.3. The van der Waals surface area contributed by atoms with E-state index in [1.807, 2.05) is 0 Å². The summed E-state index contributed by atoms with van der Waals surface area (Å²) in [5.74, 6) is 0.666. The minimum Gasteiger partial charge on any atom is -0.469 e. The second-order valence-electron chi connectivity index (χ2n) is 4.61. The third-order valence-electron chi connectivity index (χ3n) is 3.30. The number of thioether (sulfide) groups is 1. The number of benzene rings is 1. The van der Waals surface area contributed by atoms with Crippen molar-refractivity contribution in [1.29, 1.82) is 0 Å². The maximum absolute atomic E-state index is 12.7. The molecule has 1 unspecified atom stereocenters. The molecule has 1 aromatic carbocycles. The van der Waals surface area contributed by atoms with Crippen LogP contribution in [-0.4, -0.2) is 43.4 Å². The highest BCUT2D eigenvalue weighted by atomic mass is 32.2. The van der Waals surface area contributed by atoms with E-state index >= 15 is 0 Å². The van der Waals surface area contributed by atoms with Crippen LogP contribution >= 0.6 is 11.8 Å². The Morgan fingerprint density at radius 2 is 2.21 bits per heavy atom. The fourth-order valence-electron chi connectivity index (χ4n) is 2.22. The van der Waals surface area contributed by atoms with Gasteiger partial charge < -0.3 is 9.64 Å². The summed E-state index contributed by atoms with van der Waals surface area (Å²) in [6.45, 7) is 2.68. The quantitative estimate of drug-likeness (QED) is 0.613. The average Bonchev–Trinajstić information content (AvgIpc) is 2.89. The van der Waals surface area contributed by atoms with Crippen molar-refractivity contribution in [3.8, 4) is 0 Å². The van der Waals surface area contributed by atoms with Crippen molar-refractivity contribution >= 4 is 17.7 Å². The van der Waals surface area contributed by atoms with Crippen LogP contribution < -0.4 is 0 Å². The zero-order chi connectivity index (χ0) is 13.7. The van der Waals surface area contributed by atoms with Gasteiger partial charge in [-0.3, -0.25) is 4.79 Å². The van der Waals surface area contributed by atoms with Gasteiger partial charge in [0.25, 0.3) is 0 Å². The van der Waals surface area contributed by atoms with E-state index in [1.165, 1.54) is 19.2 Å². The molecule has 1 aromatic rings. The third-order valence-corrected chi connectivity index (χ3v) is 4.29. The number of methoxy groups -OCH3 is 1. The zero-order valence-corrected chi connectivity index (χ0v) is 11.8. The molecule has 1 fully saturated rings. The Hall–Kier alpha value is -1.07. The Bertz CT molecular complexity index is 424. The van der Waals surface area contributed by atoms with Crippen LogP contribution in [0.4, 0.5) is 4.39 Å². The molecular formula is C14H18FNO2S. The topological polar surface area (TPSA) is 29.5 Å². The normalized spacial score (nSPS) is 19.6. The molecule has 5 heteroatoms. The summed E-state index contributed by atoms with van der Waals surface area (Å²) >= 11 is 1.71. The smallest absolute Gasteiger partial charge is 0.310 e. The number of rotatable bonds is 5. The highest BCUT2D eigenvalue weighted by Gasteiger charge is 2.28. The number of ether oxygens (including phenoxy) is 1. The SMILES string of the molecule is COC(=O)C1CCN(CCSc2ccc(F)cc2)C1. The van der Waals surface area contributed by atoms with Gasteiger partial charge in [0.2, 0.25) is 0 Å². The Balaban J connectivity index is 1.69. The van der Waals surface area contributed by atoms with Crippen LogP contribution in [0.25, 0.3) is 0 Å². The van der Waals surface area contributed by atoms with Crippen LogP contribution in [0.2, 0.25) is 0 Å². The van der Waals surface area contributed by atoms with Gasteiger partial charge in [0, 0.05) is 23.7 Å². The van der Waals surface area contributed by atoms with Crippen molar-refractivity contribution in [1.82, 2.24) is 4.90 Å². The van der Waals surface area contributed by atoms with Crippen molar-refractivity contribution < 1.29 is 13.9 Å². The van der Waals surface area contributed by atoms with Crippen LogP contribution in [0.15, 0.2) is 29.2 Å². The van der Waals surface area contributed by atoms with E-state index in [-0.39, 0.29) is 17.7 Å². The summed E-state index contributed by atoms with van der Waals surface area (Å²) in [5.41, 5.74) is 0. The molecule has 3 nitrogen and oxygen atoms in total. The minimum atomic E-state index is -0.204.